The van der Waals surface area contributed by atoms with Crippen molar-refractivity contribution in [2.75, 3.05) is 0 Å². The van der Waals surface area contributed by atoms with Crippen LogP contribution in [0.15, 0.2) is 30.3 Å². The van der Waals surface area contributed by atoms with Crippen LogP contribution in [0, 0.1) is 12.0 Å². The van der Waals surface area contributed by atoms with Crippen LogP contribution >= 0.6 is 17.0 Å². The van der Waals surface area contributed by atoms with Gasteiger partial charge in [-0.05, 0) is 0 Å². The van der Waals surface area contributed by atoms with Crippen molar-refractivity contribution < 1.29 is 0 Å². The van der Waals surface area contributed by atoms with Crippen molar-refractivity contribution in [1.29, 1.82) is 0 Å². The second kappa shape index (κ2) is 14.0. The fourth-order valence-corrected chi connectivity index (χ4v) is 0.342. The first-order valence-electron chi connectivity index (χ1n) is 3.41. The smallest absolute Gasteiger partial charge is 0.323 e. The molecular weight excluding hydrogens is 224 g/mol. The summed E-state index contributed by atoms with van der Waals surface area (Å²) in [5.41, 5.74) is 0. The molecule has 0 spiro atoms. The van der Waals surface area contributed by atoms with Crippen LogP contribution in [0.3, 0.4) is 0 Å². The molecule has 0 aliphatic heterocycles. The molecule has 0 aliphatic carbocycles. The average Bonchev–Trinajstić information content (AvgIpc) is 1.90. The van der Waals surface area contributed by atoms with E-state index in [9.17, 15) is 0 Å². The van der Waals surface area contributed by atoms with E-state index in [2.05, 4.69) is 26.8 Å². The van der Waals surface area contributed by atoms with Gasteiger partial charge in [0, 0.05) is 0 Å². The number of hydrogen-bond acceptors (Lipinski definition) is 0. The van der Waals surface area contributed by atoms with Gasteiger partial charge in [-0.1, -0.05) is 0 Å². The van der Waals surface area contributed by atoms with Gasteiger partial charge in [0.2, 0.25) is 0 Å². The van der Waals surface area contributed by atoms with E-state index in [0.717, 1.165) is 0 Å². The summed E-state index contributed by atoms with van der Waals surface area (Å²) in [4.78, 5) is 0. The maximum atomic E-state index is 2.89. The predicted molar refractivity (Wildman–Crippen MR) is 61.6 cm³/mol. The Hall–Kier alpha value is 0.466. The summed E-state index contributed by atoms with van der Waals surface area (Å²) in [6, 6.07) is 12.5. The molecule has 1 aromatic rings. The van der Waals surface area contributed by atoms with Gasteiger partial charge in [-0.25, -0.2) is 0 Å². The van der Waals surface area contributed by atoms with Gasteiger partial charge in [-0.15, -0.1) is 17.0 Å². The molecule has 0 aromatic heterocycles. The third-order valence-corrected chi connectivity index (χ3v) is 0.607. The van der Waals surface area contributed by atoms with E-state index in [4.69, 9.17) is 0 Å². The van der Waals surface area contributed by atoms with Gasteiger partial charge in [-0.2, -0.15) is 57.2 Å². The number of halogens is 1. The minimum Gasteiger partial charge on any atom is -0.323 e. The molecule has 0 aliphatic rings. The Bertz CT molecular complexity index is 110. The molecule has 0 amide bonds. The third-order valence-electron chi connectivity index (χ3n) is 0.607. The average molecular weight is 239 g/mol. The van der Waals surface area contributed by atoms with E-state index in [1.807, 2.05) is 30.3 Å². The summed E-state index contributed by atoms with van der Waals surface area (Å²) < 4.78 is 0. The van der Waals surface area contributed by atoms with E-state index < -0.39 is 0 Å². The summed E-state index contributed by atoms with van der Waals surface area (Å²) >= 11 is 0. The Labute approximate surface area is 103 Å². The van der Waals surface area contributed by atoms with Gasteiger partial charge in [-0.3, -0.25) is 0 Å². The zero-order chi connectivity index (χ0) is 7.82. The van der Waals surface area contributed by atoms with Crippen LogP contribution in [-0.2, 0) is 0 Å². The topological polar surface area (TPSA) is 0 Å². The normalized spacial score (nSPS) is 7.00. The number of benzene rings is 1. The minimum absolute atomic E-state index is 0. The molecule has 0 unspecified atom stereocenters. The quantitative estimate of drug-likeness (QED) is 0.481. The van der Waals surface area contributed by atoms with Crippen molar-refractivity contribution in [2.24, 2.45) is 0 Å². The Balaban J connectivity index is -0.000000124. The summed E-state index contributed by atoms with van der Waals surface area (Å²) in [7, 11) is 0. The fourth-order valence-electron chi connectivity index (χ4n) is 0.342. The first kappa shape index (κ1) is 18.3. The molecule has 0 bridgehead atoms. The Kier molecular flexibility index (Phi) is 21.4. The fraction of sp³-hybridized carbons (Fsp3) is 0.300. The van der Waals surface area contributed by atoms with E-state index in [-0.39, 0.29) is 40.0 Å². The van der Waals surface area contributed by atoms with Crippen molar-refractivity contribution >= 4 is 40.0 Å². The predicted octanol–water partition coefficient (Wildman–Crippen LogP) is 3.30. The monoisotopic (exact) mass is 238 g/mol. The van der Waals surface area contributed by atoms with Crippen molar-refractivity contribution in [2.45, 2.75) is 20.8 Å². The van der Waals surface area contributed by atoms with Gasteiger partial charge < -0.3 is 5.92 Å². The SMILES string of the molecule is Br.C[C-](C)C.[Mg+2].[c-]1ccccc1. The second-order valence-corrected chi connectivity index (χ2v) is 2.58. The van der Waals surface area contributed by atoms with Crippen LogP contribution in [0.1, 0.15) is 20.8 Å². The van der Waals surface area contributed by atoms with Gasteiger partial charge >= 0.3 is 23.1 Å². The van der Waals surface area contributed by atoms with E-state index in [1.165, 1.54) is 5.92 Å². The van der Waals surface area contributed by atoms with Crippen molar-refractivity contribution in [3.05, 3.63) is 42.3 Å². The number of rotatable bonds is 0. The first-order valence-corrected chi connectivity index (χ1v) is 3.41. The molecule has 2 heteroatoms. The van der Waals surface area contributed by atoms with Crippen LogP contribution in [0.25, 0.3) is 0 Å². The van der Waals surface area contributed by atoms with Crippen LogP contribution in [0.4, 0.5) is 0 Å². The molecule has 0 saturated heterocycles. The summed E-state index contributed by atoms with van der Waals surface area (Å²) in [6.07, 6.45) is 0. The van der Waals surface area contributed by atoms with Crippen molar-refractivity contribution in [3.63, 3.8) is 0 Å². The molecule has 0 heterocycles. The van der Waals surface area contributed by atoms with E-state index >= 15 is 0 Å². The molecule has 0 atom stereocenters. The van der Waals surface area contributed by atoms with Crippen molar-refractivity contribution in [3.8, 4) is 0 Å². The molecule has 0 nitrogen and oxygen atoms in total. The second-order valence-electron chi connectivity index (χ2n) is 2.58. The zero-order valence-electron chi connectivity index (χ0n) is 8.00. The number of hydrogen-bond donors (Lipinski definition) is 0. The maximum Gasteiger partial charge on any atom is 2.00 e. The van der Waals surface area contributed by atoms with E-state index in [1.54, 1.807) is 0 Å². The van der Waals surface area contributed by atoms with Gasteiger partial charge in [0.25, 0.3) is 0 Å². The Morgan fingerprint density at radius 3 is 1.33 bits per heavy atom. The van der Waals surface area contributed by atoms with Gasteiger partial charge in [0.1, 0.15) is 0 Å². The summed E-state index contributed by atoms with van der Waals surface area (Å²) in [5.74, 6) is 1.42. The summed E-state index contributed by atoms with van der Waals surface area (Å²) in [6.45, 7) is 6.25. The third kappa shape index (κ3) is 22.4. The van der Waals surface area contributed by atoms with Crippen LogP contribution < -0.4 is 0 Å². The Morgan fingerprint density at radius 2 is 1.25 bits per heavy atom. The van der Waals surface area contributed by atoms with Gasteiger partial charge in [0.05, 0.1) is 0 Å². The Morgan fingerprint density at radius 1 is 0.917 bits per heavy atom. The van der Waals surface area contributed by atoms with E-state index in [0.29, 0.717) is 0 Å². The van der Waals surface area contributed by atoms with Crippen LogP contribution in [0.2, 0.25) is 0 Å². The van der Waals surface area contributed by atoms with Crippen LogP contribution in [-0.4, -0.2) is 23.1 Å². The zero-order valence-corrected chi connectivity index (χ0v) is 11.1. The maximum absolute atomic E-state index is 2.89. The van der Waals surface area contributed by atoms with Crippen molar-refractivity contribution in [1.82, 2.24) is 0 Å². The standard InChI is InChI=1S/C6H5.C4H9.BrH.Mg/c1-2-4-6-5-3-1;1-4(2)3;;/h1-5H;1-3H3;1H;/q2*-1;;+2. The molecular formula is C10H15BrMg. The molecule has 0 radical (unpaired) electrons. The molecule has 12 heavy (non-hydrogen) atoms. The molecule has 1 rings (SSSR count). The first-order chi connectivity index (χ1) is 4.73. The van der Waals surface area contributed by atoms with Crippen LogP contribution in [0.5, 0.6) is 0 Å². The largest absolute Gasteiger partial charge is 2.00 e. The molecule has 0 saturated carbocycles. The molecule has 1 aromatic carbocycles. The summed E-state index contributed by atoms with van der Waals surface area (Å²) in [5, 5.41) is 0. The minimum atomic E-state index is 0. The molecule has 0 fully saturated rings. The molecule has 0 N–H and O–H groups in total. The molecule has 64 valence electrons. The van der Waals surface area contributed by atoms with Gasteiger partial charge in [0.15, 0.2) is 0 Å².